The lowest BCUT2D eigenvalue weighted by Gasteiger charge is -2.60. The zero-order valence-electron chi connectivity index (χ0n) is 37.2. The van der Waals surface area contributed by atoms with E-state index in [0.29, 0.717) is 60.8 Å². The number of carbonyl (C=O) groups is 1. The van der Waals surface area contributed by atoms with Crippen molar-refractivity contribution in [2.45, 2.75) is 94.8 Å². The third-order valence-corrected chi connectivity index (χ3v) is 13.5. The number of hydrogen-bond donors (Lipinski definition) is 2. The molecule has 0 spiro atoms. The average molecular weight is 880 g/mol. The van der Waals surface area contributed by atoms with Crippen molar-refractivity contribution in [2.24, 2.45) is 22.9 Å². The summed E-state index contributed by atoms with van der Waals surface area (Å²) in [5, 5.41) is 36.8. The van der Waals surface area contributed by atoms with E-state index in [9.17, 15) is 15.5 Å². The number of rotatable bonds is 20. The lowest BCUT2D eigenvalue weighted by molar-refractivity contribution is -0.255. The number of carbonyl (C=O) groups excluding carboxylic acids is 1. The third kappa shape index (κ3) is 9.78. The van der Waals surface area contributed by atoms with Gasteiger partial charge in [-0.25, -0.2) is 0 Å². The summed E-state index contributed by atoms with van der Waals surface area (Å²) in [4.78, 5) is 23.8. The maximum atomic E-state index is 15.6. The van der Waals surface area contributed by atoms with Gasteiger partial charge < -0.3 is 38.9 Å². The van der Waals surface area contributed by atoms with Gasteiger partial charge in [0.2, 0.25) is 12.1 Å². The Morgan fingerprint density at radius 3 is 2.48 bits per heavy atom. The number of nitriles is 1. The molecule has 7 atom stereocenters. The predicted molar refractivity (Wildman–Crippen MR) is 250 cm³/mol. The van der Waals surface area contributed by atoms with E-state index in [2.05, 4.69) is 55.6 Å². The van der Waals surface area contributed by atoms with Crippen LogP contribution in [0, 0.1) is 29.1 Å². The van der Waals surface area contributed by atoms with Crippen LogP contribution in [0.3, 0.4) is 0 Å². The van der Waals surface area contributed by atoms with E-state index >= 15 is 4.79 Å². The Morgan fingerprint density at radius 1 is 0.938 bits per heavy atom. The zero-order chi connectivity index (χ0) is 45.2. The largest absolute Gasteiger partial charge is 0.490 e. The van der Waals surface area contributed by atoms with E-state index in [-0.39, 0.29) is 56.4 Å². The molecule has 1 saturated carbocycles. The second-order valence-electron chi connectivity index (χ2n) is 17.5. The van der Waals surface area contributed by atoms with E-state index in [4.69, 9.17) is 28.9 Å². The van der Waals surface area contributed by atoms with E-state index in [0.717, 1.165) is 66.0 Å². The molecule has 4 aromatic rings. The van der Waals surface area contributed by atoms with Crippen LogP contribution in [0.1, 0.15) is 97.2 Å². The molecule has 4 aromatic carbocycles. The topological polar surface area (TPSA) is 143 Å². The minimum atomic E-state index is -1.47. The van der Waals surface area contributed by atoms with E-state index < -0.39 is 24.0 Å². The predicted octanol–water partition coefficient (Wildman–Crippen LogP) is 9.78. The van der Waals surface area contributed by atoms with E-state index in [1.54, 1.807) is 36.4 Å². The van der Waals surface area contributed by atoms with Crippen molar-refractivity contribution in [1.82, 2.24) is 4.90 Å². The van der Waals surface area contributed by atoms with Gasteiger partial charge >= 0.3 is 0 Å². The summed E-state index contributed by atoms with van der Waals surface area (Å²) in [7, 11) is 0. The van der Waals surface area contributed by atoms with Crippen molar-refractivity contribution in [1.29, 1.82) is 5.26 Å². The summed E-state index contributed by atoms with van der Waals surface area (Å²) < 4.78 is 27.0. The molecule has 0 bridgehead atoms. The fourth-order valence-corrected chi connectivity index (χ4v) is 10.6. The highest BCUT2D eigenvalue weighted by Crippen LogP contribution is 2.62. The summed E-state index contributed by atoms with van der Waals surface area (Å²) in [5.74, 6) is -1.03. The smallest absolute Gasteiger partial charge is 0.254 e. The van der Waals surface area contributed by atoms with Crippen molar-refractivity contribution in [3.8, 4) is 17.6 Å². The van der Waals surface area contributed by atoms with Gasteiger partial charge in [-0.15, -0.1) is 6.58 Å². The molecule has 0 radical (unpaired) electrons. The Hall–Kier alpha value is -5.77. The minimum absolute atomic E-state index is 0.0429. The number of amides is 1. The van der Waals surface area contributed by atoms with Gasteiger partial charge in [-0.05, 0) is 115 Å². The first kappa shape index (κ1) is 45.8. The number of allylic oxidation sites excluding steroid dienone is 1. The first-order valence-electron chi connectivity index (χ1n) is 23.3. The van der Waals surface area contributed by atoms with Gasteiger partial charge in [0.05, 0.1) is 36.5 Å². The van der Waals surface area contributed by atoms with Gasteiger partial charge in [-0.2, -0.15) is 5.26 Å². The fraction of sp³-hybridized carbons (Fsp3) is 0.426. The molecule has 340 valence electrons. The number of oxime groups is 1. The van der Waals surface area contributed by atoms with Crippen LogP contribution in [0.15, 0.2) is 127 Å². The molecule has 1 amide bonds. The Kier molecular flexibility index (Phi) is 15.1. The first-order chi connectivity index (χ1) is 31.9. The quantitative estimate of drug-likeness (QED) is 0.0504. The van der Waals surface area contributed by atoms with Crippen LogP contribution in [0.2, 0.25) is 0 Å². The number of unbranched alkanes of at least 4 members (excludes halogenated alkanes) is 2. The number of ether oxygens (including phenoxy) is 4. The molecule has 0 aromatic heterocycles. The molecule has 11 nitrogen and oxygen atoms in total. The van der Waals surface area contributed by atoms with Crippen LogP contribution in [0.25, 0.3) is 10.8 Å². The first-order valence-corrected chi connectivity index (χ1v) is 23.3. The molecule has 2 heterocycles. The number of aliphatic hydroxyl groups excluding tert-OH is 2. The normalized spacial score (nSPS) is 25.0. The van der Waals surface area contributed by atoms with Crippen LogP contribution < -0.4 is 9.47 Å². The number of aliphatic hydroxyl groups is 2. The highest BCUT2D eigenvalue weighted by Gasteiger charge is 2.65. The number of hydrogen-bond acceptors (Lipinski definition) is 10. The highest BCUT2D eigenvalue weighted by atomic mass is 16.8. The summed E-state index contributed by atoms with van der Waals surface area (Å²) >= 11 is 0. The second kappa shape index (κ2) is 21.5. The maximum Gasteiger partial charge on any atom is 0.254 e. The molecule has 8 rings (SSSR count). The van der Waals surface area contributed by atoms with Crippen LogP contribution in [-0.4, -0.2) is 77.9 Å². The van der Waals surface area contributed by atoms with Gasteiger partial charge in [0.25, 0.3) is 5.91 Å². The minimum Gasteiger partial charge on any atom is -0.490 e. The molecular weight excluding hydrogens is 819 g/mol. The number of benzene rings is 4. The molecule has 2 fully saturated rings. The monoisotopic (exact) mass is 879 g/mol. The van der Waals surface area contributed by atoms with Crippen molar-refractivity contribution < 1.29 is 38.8 Å². The molecule has 4 aliphatic rings. The molecule has 65 heavy (non-hydrogen) atoms. The summed E-state index contributed by atoms with van der Waals surface area (Å²) in [6.45, 7) is 9.41. The Bertz CT molecular complexity index is 2400. The molecule has 2 aliphatic heterocycles. The summed E-state index contributed by atoms with van der Waals surface area (Å²) in [6.07, 6.45) is 12.7. The molecular formula is C54H61N3O8. The Labute approximate surface area is 382 Å². The van der Waals surface area contributed by atoms with Crippen LogP contribution in [-0.2, 0) is 20.9 Å². The van der Waals surface area contributed by atoms with Crippen LogP contribution >= 0.6 is 0 Å². The van der Waals surface area contributed by atoms with Crippen LogP contribution in [0.4, 0.5) is 0 Å². The fourth-order valence-electron chi connectivity index (χ4n) is 10.6. The Morgan fingerprint density at radius 2 is 1.72 bits per heavy atom. The van der Waals surface area contributed by atoms with E-state index in [1.807, 2.05) is 35.2 Å². The van der Waals surface area contributed by atoms with Gasteiger partial charge in [-0.3, -0.25) is 4.79 Å². The van der Waals surface area contributed by atoms with Crippen molar-refractivity contribution in [3.05, 3.63) is 144 Å². The van der Waals surface area contributed by atoms with Crippen molar-refractivity contribution in [3.63, 3.8) is 0 Å². The molecule has 1 saturated heterocycles. The van der Waals surface area contributed by atoms with Crippen LogP contribution in [0.5, 0.6) is 11.5 Å². The molecule has 11 heteroatoms. The number of nitrogens with zero attached hydrogens (tertiary/aromatic N) is 3. The zero-order valence-corrected chi connectivity index (χ0v) is 37.2. The molecule has 2 N–H and O–H groups in total. The number of fused-ring (bicyclic) bond motifs is 3. The summed E-state index contributed by atoms with van der Waals surface area (Å²) in [6, 6.07) is 28.4. The van der Waals surface area contributed by atoms with Gasteiger partial charge in [0.15, 0.2) is 0 Å². The second-order valence-corrected chi connectivity index (χ2v) is 17.5. The lowest BCUT2D eigenvalue weighted by atomic mass is 9.55. The van der Waals surface area contributed by atoms with Gasteiger partial charge in [-0.1, -0.05) is 85.3 Å². The standard InChI is InChI=1S/C54H61N3O8/c1-3-29-61-42-25-26-48-46(33-42)51-44(19-8-11-28-59)40(15-7-10-27-58)32-45-47(56-65-50-20-9-12-31-62-50)34-49(54(64-48,52(45)51)63-30-4-2)57(53(60)39-23-21-37(35-55)22-24-39)36-41-17-13-16-38-14-5-6-18-43(38)41/h3-6,13-14,16-18,21-26,32-33,40,44,49-52,58-59H,1-2,7-12,15,19-20,27-31,34,36H2/t40-,44+,49-,50?,51+,52+,54+/m0/s1. The third-order valence-electron chi connectivity index (χ3n) is 13.5. The molecule has 1 unspecified atom stereocenters. The lowest BCUT2D eigenvalue weighted by Crippen LogP contribution is -2.70. The average Bonchev–Trinajstić information content (AvgIpc) is 3.35. The SMILES string of the molecule is C=CCOc1ccc2c(c1)[C@H]1[C@H](CCCCO)[C@@H](CCCCO)C=C3C(=NOC4CCCCO4)C[C@H](N(Cc4cccc5ccccc45)C(=O)c4ccc(C#N)cc4)[C@@](OCC=C)(O2)[C@H]31. The van der Waals surface area contributed by atoms with Crippen molar-refractivity contribution in [2.75, 3.05) is 33.0 Å². The maximum absolute atomic E-state index is 15.6. The van der Waals surface area contributed by atoms with Crippen molar-refractivity contribution >= 4 is 22.4 Å². The molecule has 2 aliphatic carbocycles. The van der Waals surface area contributed by atoms with Gasteiger partial charge in [0.1, 0.15) is 24.1 Å². The van der Waals surface area contributed by atoms with Gasteiger partial charge in [0, 0.05) is 49.6 Å². The highest BCUT2D eigenvalue weighted by molar-refractivity contribution is 6.03. The Balaban J connectivity index is 1.38. The summed E-state index contributed by atoms with van der Waals surface area (Å²) in [5.41, 5.74) is 4.42. The van der Waals surface area contributed by atoms with E-state index in [1.165, 1.54) is 0 Å².